The molecule has 2 nitrogen and oxygen atoms in total. The van der Waals surface area contributed by atoms with E-state index >= 15 is 8.78 Å². The quantitative estimate of drug-likeness (QED) is 0.172. The molecule has 54 heavy (non-hydrogen) atoms. The molecule has 0 fully saturated rings. The van der Waals surface area contributed by atoms with Crippen LogP contribution in [-0.2, 0) is 10.8 Å². The number of hydrogen-bond acceptors (Lipinski definition) is 0. The van der Waals surface area contributed by atoms with Gasteiger partial charge in [0, 0.05) is 43.8 Å². The van der Waals surface area contributed by atoms with Crippen molar-refractivity contribution >= 4 is 43.6 Å². The molecule has 0 saturated carbocycles. The average Bonchev–Trinajstić information content (AvgIpc) is 3.66. The lowest BCUT2D eigenvalue weighted by atomic mass is 9.71. The number of nitrogens with zero attached hydrogens (tertiary/aromatic N) is 2. The van der Waals surface area contributed by atoms with Crippen LogP contribution in [0.15, 0.2) is 146 Å². The smallest absolute Gasteiger partial charge is 0.131 e. The molecule has 9 aromatic rings. The zero-order valence-electron chi connectivity index (χ0n) is 31.5. The highest BCUT2D eigenvalue weighted by atomic mass is 19.1. The molecule has 7 aromatic carbocycles. The van der Waals surface area contributed by atoms with Gasteiger partial charge in [0.15, 0.2) is 0 Å². The maximum absolute atomic E-state index is 16.9. The second-order valence-electron chi connectivity index (χ2n) is 16.4. The van der Waals surface area contributed by atoms with E-state index in [4.69, 9.17) is 0 Å². The molecule has 2 aromatic heterocycles. The zero-order valence-corrected chi connectivity index (χ0v) is 31.5. The van der Waals surface area contributed by atoms with Crippen LogP contribution >= 0.6 is 0 Å². The van der Waals surface area contributed by atoms with Gasteiger partial charge in [-0.1, -0.05) is 151 Å². The van der Waals surface area contributed by atoms with Crippen molar-refractivity contribution in [1.82, 2.24) is 9.13 Å². The molecule has 4 heteroatoms. The van der Waals surface area contributed by atoms with Crippen molar-refractivity contribution < 1.29 is 8.78 Å². The maximum atomic E-state index is 16.9. The van der Waals surface area contributed by atoms with Crippen LogP contribution in [0.25, 0.3) is 77.2 Å². The van der Waals surface area contributed by atoms with Gasteiger partial charge < -0.3 is 9.13 Å². The third kappa shape index (κ3) is 5.04. The molecule has 266 valence electrons. The van der Waals surface area contributed by atoms with E-state index in [1.807, 2.05) is 36.4 Å². The molecule has 0 aliphatic rings. The van der Waals surface area contributed by atoms with Gasteiger partial charge in [-0.05, 0) is 58.4 Å². The first kappa shape index (κ1) is 33.8. The summed E-state index contributed by atoms with van der Waals surface area (Å²) in [7, 11) is 0. The van der Waals surface area contributed by atoms with Crippen LogP contribution in [0, 0.1) is 11.6 Å². The van der Waals surface area contributed by atoms with E-state index in [2.05, 4.69) is 136 Å². The van der Waals surface area contributed by atoms with E-state index in [0.717, 1.165) is 77.2 Å². The van der Waals surface area contributed by atoms with Gasteiger partial charge in [-0.15, -0.1) is 0 Å². The maximum Gasteiger partial charge on any atom is 0.131 e. The predicted octanol–water partition coefficient (Wildman–Crippen LogP) is 14.1. The minimum absolute atomic E-state index is 0.332. The normalized spacial score (nSPS) is 12.4. The largest absolute Gasteiger partial charge is 0.309 e. The summed E-state index contributed by atoms with van der Waals surface area (Å²) in [5.41, 5.74) is 9.09. The summed E-state index contributed by atoms with van der Waals surface area (Å²) in [6.45, 7) is 13.3. The number of rotatable bonds is 4. The van der Waals surface area contributed by atoms with E-state index < -0.39 is 10.8 Å². The Hall–Kier alpha value is -6.00. The number of hydrogen-bond donors (Lipinski definition) is 0. The first-order valence-electron chi connectivity index (χ1n) is 18.7. The van der Waals surface area contributed by atoms with E-state index in [9.17, 15) is 0 Å². The molecule has 0 radical (unpaired) electrons. The second kappa shape index (κ2) is 12.3. The Balaban J connectivity index is 1.69. The molecule has 0 unspecified atom stereocenters. The molecule has 0 spiro atoms. The van der Waals surface area contributed by atoms with Gasteiger partial charge in [0.1, 0.15) is 11.6 Å². The van der Waals surface area contributed by atoms with Gasteiger partial charge in [-0.3, -0.25) is 0 Å². The van der Waals surface area contributed by atoms with E-state index in [1.54, 1.807) is 12.1 Å². The van der Waals surface area contributed by atoms with Crippen molar-refractivity contribution in [3.8, 4) is 33.6 Å². The van der Waals surface area contributed by atoms with Crippen molar-refractivity contribution in [1.29, 1.82) is 0 Å². The van der Waals surface area contributed by atoms with Gasteiger partial charge in [-0.25, -0.2) is 8.78 Å². The fourth-order valence-electron chi connectivity index (χ4n) is 8.81. The molecule has 0 aliphatic carbocycles. The summed E-state index contributed by atoms with van der Waals surface area (Å²) in [4.78, 5) is 0. The zero-order chi connectivity index (χ0) is 37.5. The summed E-state index contributed by atoms with van der Waals surface area (Å²) < 4.78 is 38.5. The van der Waals surface area contributed by atoms with Crippen LogP contribution in [0.1, 0.15) is 52.7 Å². The van der Waals surface area contributed by atoms with E-state index in [0.29, 0.717) is 11.1 Å². The summed E-state index contributed by atoms with van der Waals surface area (Å²) in [5, 5.41) is 4.40. The minimum Gasteiger partial charge on any atom is -0.309 e. The van der Waals surface area contributed by atoms with Crippen LogP contribution in [0.3, 0.4) is 0 Å². The average molecular weight is 709 g/mol. The first-order valence-corrected chi connectivity index (χ1v) is 18.7. The molecular weight excluding hydrogens is 667 g/mol. The number of aromatic nitrogens is 2. The number of halogens is 2. The Bertz CT molecular complexity index is 2740. The number of para-hydroxylation sites is 4. The Morgan fingerprint density at radius 1 is 0.352 bits per heavy atom. The number of fused-ring (bicyclic) bond motifs is 6. The lowest BCUT2D eigenvalue weighted by Crippen LogP contribution is -2.26. The van der Waals surface area contributed by atoms with Crippen LogP contribution in [-0.4, -0.2) is 9.13 Å². The molecule has 0 bridgehead atoms. The molecule has 0 atom stereocenters. The van der Waals surface area contributed by atoms with Crippen molar-refractivity contribution in [3.63, 3.8) is 0 Å². The van der Waals surface area contributed by atoms with Crippen LogP contribution in [0.2, 0.25) is 0 Å². The van der Waals surface area contributed by atoms with E-state index in [-0.39, 0.29) is 11.6 Å². The Labute approximate surface area is 314 Å². The minimum atomic E-state index is -0.527. The summed E-state index contributed by atoms with van der Waals surface area (Å²) in [6.07, 6.45) is 0. The lowest BCUT2D eigenvalue weighted by molar-refractivity contribution is 0.564. The predicted molar refractivity (Wildman–Crippen MR) is 223 cm³/mol. The first-order chi connectivity index (χ1) is 26.0. The standard InChI is InChI=1S/C50H42F2N2/c1-49(2,3)45-43(35-23-7-13-25-37(35)51)47(53-39-27-15-9-19-31(39)32-20-10-16-28-40(32)53)44(36-24-8-14-26-38(36)52)46(50(4,5)6)48(45)54-41-29-17-11-21-33(41)34-22-12-18-30-42(34)54/h7-30H,1-6H3. The van der Waals surface area contributed by atoms with Crippen LogP contribution in [0.5, 0.6) is 0 Å². The van der Waals surface area contributed by atoms with Crippen LogP contribution in [0.4, 0.5) is 8.78 Å². The Morgan fingerprint density at radius 2 is 0.630 bits per heavy atom. The highest BCUT2D eigenvalue weighted by Gasteiger charge is 2.39. The van der Waals surface area contributed by atoms with Crippen molar-refractivity contribution in [3.05, 3.63) is 168 Å². The monoisotopic (exact) mass is 708 g/mol. The van der Waals surface area contributed by atoms with Gasteiger partial charge in [0.2, 0.25) is 0 Å². The van der Waals surface area contributed by atoms with Gasteiger partial charge in [0.25, 0.3) is 0 Å². The third-order valence-corrected chi connectivity index (χ3v) is 10.8. The van der Waals surface area contributed by atoms with Crippen molar-refractivity contribution in [2.24, 2.45) is 0 Å². The van der Waals surface area contributed by atoms with Crippen LogP contribution < -0.4 is 0 Å². The molecule has 0 saturated heterocycles. The SMILES string of the molecule is CC(C)(C)c1c(-c2ccccc2F)c(-n2c3ccccc3c3ccccc32)c(-c2ccccc2F)c(C(C)(C)C)c1-n1c2ccccc2c2ccccc21. The van der Waals surface area contributed by atoms with Crippen molar-refractivity contribution in [2.75, 3.05) is 0 Å². The van der Waals surface area contributed by atoms with Crippen molar-refractivity contribution in [2.45, 2.75) is 52.4 Å². The summed E-state index contributed by atoms with van der Waals surface area (Å²) >= 11 is 0. The highest BCUT2D eigenvalue weighted by molar-refractivity contribution is 6.13. The molecule has 2 heterocycles. The highest BCUT2D eigenvalue weighted by Crippen LogP contribution is 2.55. The second-order valence-corrected chi connectivity index (χ2v) is 16.4. The lowest BCUT2D eigenvalue weighted by Gasteiger charge is -2.38. The van der Waals surface area contributed by atoms with E-state index in [1.165, 1.54) is 12.1 Å². The molecule has 9 rings (SSSR count). The van der Waals surface area contributed by atoms with Gasteiger partial charge in [-0.2, -0.15) is 0 Å². The fraction of sp³-hybridized carbons (Fsp3) is 0.160. The summed E-state index contributed by atoms with van der Waals surface area (Å²) in [5.74, 6) is -0.664. The van der Waals surface area contributed by atoms with Gasteiger partial charge in [0.05, 0.1) is 33.4 Å². The Morgan fingerprint density at radius 3 is 0.944 bits per heavy atom. The topological polar surface area (TPSA) is 9.86 Å². The molecule has 0 amide bonds. The molecule has 0 N–H and O–H groups in total. The third-order valence-electron chi connectivity index (χ3n) is 10.8. The van der Waals surface area contributed by atoms with Gasteiger partial charge >= 0.3 is 0 Å². The molecular formula is C50H42F2N2. The molecule has 0 aliphatic heterocycles. The fourth-order valence-corrected chi connectivity index (χ4v) is 8.81. The number of benzene rings is 7. The Kier molecular flexibility index (Phi) is 7.69. The summed E-state index contributed by atoms with van der Waals surface area (Å²) in [6, 6.07) is 47.9.